The largest absolute Gasteiger partial charge is 0.366 e. The number of anilines is 1. The van der Waals surface area contributed by atoms with Crippen LogP contribution in [0.4, 0.5) is 10.5 Å². The van der Waals surface area contributed by atoms with Crippen molar-refractivity contribution in [2.75, 3.05) is 18.4 Å². The smallest absolute Gasteiger partial charge is 0.319 e. The van der Waals surface area contributed by atoms with E-state index in [1.54, 1.807) is 18.2 Å². The van der Waals surface area contributed by atoms with Gasteiger partial charge in [0.1, 0.15) is 0 Å². The minimum absolute atomic E-state index is 0.266. The molecule has 1 heterocycles. The molecule has 1 atom stereocenters. The molecule has 1 saturated heterocycles. The first-order chi connectivity index (χ1) is 10.1. The number of amides is 3. The summed E-state index contributed by atoms with van der Waals surface area (Å²) in [6.07, 6.45) is 3.30. The molecule has 1 aromatic carbocycles. The highest BCUT2D eigenvalue weighted by Gasteiger charge is 2.14. The molecule has 0 radical (unpaired) electrons. The van der Waals surface area contributed by atoms with Crippen molar-refractivity contribution in [3.63, 3.8) is 0 Å². The van der Waals surface area contributed by atoms with Crippen LogP contribution < -0.4 is 21.7 Å². The van der Waals surface area contributed by atoms with E-state index in [1.165, 1.54) is 12.8 Å². The lowest BCUT2D eigenvalue weighted by Crippen LogP contribution is -2.33. The minimum atomic E-state index is -0.509. The molecule has 6 nitrogen and oxygen atoms in total. The zero-order chi connectivity index (χ0) is 15.2. The summed E-state index contributed by atoms with van der Waals surface area (Å²) < 4.78 is 0. The molecule has 0 aromatic heterocycles. The number of rotatable bonds is 5. The van der Waals surface area contributed by atoms with Crippen LogP contribution in [0.5, 0.6) is 0 Å². The number of hydrogen-bond acceptors (Lipinski definition) is 3. The Kier molecular flexibility index (Phi) is 5.16. The number of urea groups is 1. The van der Waals surface area contributed by atoms with Gasteiger partial charge in [0.05, 0.1) is 0 Å². The van der Waals surface area contributed by atoms with Crippen LogP contribution in [0.2, 0.25) is 0 Å². The van der Waals surface area contributed by atoms with Crippen LogP contribution in [-0.4, -0.2) is 31.1 Å². The summed E-state index contributed by atoms with van der Waals surface area (Å²) in [6.45, 7) is 3.55. The second-order valence-corrected chi connectivity index (χ2v) is 5.36. The average Bonchev–Trinajstić information content (AvgIpc) is 2.94. The van der Waals surface area contributed by atoms with Gasteiger partial charge in [-0.2, -0.15) is 0 Å². The molecule has 1 fully saturated rings. The van der Waals surface area contributed by atoms with E-state index in [1.807, 2.05) is 6.92 Å². The zero-order valence-corrected chi connectivity index (χ0v) is 12.2. The van der Waals surface area contributed by atoms with Gasteiger partial charge in [-0.25, -0.2) is 4.79 Å². The van der Waals surface area contributed by atoms with Crippen molar-refractivity contribution in [3.05, 3.63) is 29.3 Å². The van der Waals surface area contributed by atoms with Crippen molar-refractivity contribution >= 4 is 17.6 Å². The Morgan fingerprint density at radius 1 is 1.43 bits per heavy atom. The summed E-state index contributed by atoms with van der Waals surface area (Å²) in [7, 11) is 0. The molecular formula is C15H22N4O2. The third-order valence-corrected chi connectivity index (χ3v) is 3.71. The summed E-state index contributed by atoms with van der Waals surface area (Å²) in [5.74, 6) is -0.509. The third kappa shape index (κ3) is 4.46. The minimum Gasteiger partial charge on any atom is -0.366 e. The SMILES string of the molecule is Cc1ccc(C(N)=O)cc1NC(=O)NCC[C@H]1CCCN1. The normalized spacial score (nSPS) is 17.5. The Bertz CT molecular complexity index is 524. The maximum atomic E-state index is 11.9. The molecular weight excluding hydrogens is 268 g/mol. The molecule has 114 valence electrons. The molecule has 0 bridgehead atoms. The van der Waals surface area contributed by atoms with Gasteiger partial charge in [0.25, 0.3) is 0 Å². The number of nitrogens with one attached hydrogen (secondary N) is 3. The summed E-state index contributed by atoms with van der Waals surface area (Å²) in [4.78, 5) is 23.0. The number of nitrogens with two attached hydrogens (primary N) is 1. The quantitative estimate of drug-likeness (QED) is 0.659. The van der Waals surface area contributed by atoms with Gasteiger partial charge >= 0.3 is 6.03 Å². The topological polar surface area (TPSA) is 96.2 Å². The molecule has 1 aliphatic heterocycles. The molecule has 2 rings (SSSR count). The Balaban J connectivity index is 1.84. The van der Waals surface area contributed by atoms with Gasteiger partial charge < -0.3 is 21.7 Å². The fourth-order valence-corrected chi connectivity index (χ4v) is 2.44. The summed E-state index contributed by atoms with van der Waals surface area (Å²) in [6, 6.07) is 5.24. The third-order valence-electron chi connectivity index (χ3n) is 3.71. The highest BCUT2D eigenvalue weighted by atomic mass is 16.2. The molecule has 3 amide bonds. The predicted octanol–water partition coefficient (Wildman–Crippen LogP) is 1.36. The average molecular weight is 290 g/mol. The Morgan fingerprint density at radius 2 is 2.24 bits per heavy atom. The Labute approximate surface area is 124 Å². The molecule has 1 aromatic rings. The van der Waals surface area contributed by atoms with Gasteiger partial charge in [0, 0.05) is 23.8 Å². The number of carbonyl (C=O) groups excluding carboxylic acids is 2. The fourth-order valence-electron chi connectivity index (χ4n) is 2.44. The molecule has 0 saturated carbocycles. The van der Waals surface area contributed by atoms with E-state index in [9.17, 15) is 9.59 Å². The van der Waals surface area contributed by atoms with Gasteiger partial charge in [-0.1, -0.05) is 6.07 Å². The molecule has 0 aliphatic carbocycles. The van der Waals surface area contributed by atoms with Gasteiger partial charge in [0.15, 0.2) is 0 Å². The molecule has 1 aliphatic rings. The van der Waals surface area contributed by atoms with Crippen molar-refractivity contribution in [2.24, 2.45) is 5.73 Å². The van der Waals surface area contributed by atoms with Crippen molar-refractivity contribution < 1.29 is 9.59 Å². The highest BCUT2D eigenvalue weighted by molar-refractivity contribution is 5.96. The van der Waals surface area contributed by atoms with Crippen LogP contribution in [-0.2, 0) is 0 Å². The molecule has 21 heavy (non-hydrogen) atoms. The molecule has 0 spiro atoms. The van der Waals surface area contributed by atoms with Gasteiger partial charge in [-0.05, 0) is 50.4 Å². The molecule has 6 heteroatoms. The van der Waals surface area contributed by atoms with Crippen LogP contribution >= 0.6 is 0 Å². The van der Waals surface area contributed by atoms with E-state index in [4.69, 9.17) is 5.73 Å². The number of aryl methyl sites for hydroxylation is 1. The maximum Gasteiger partial charge on any atom is 0.319 e. The first kappa shape index (κ1) is 15.3. The fraction of sp³-hybridized carbons (Fsp3) is 0.467. The van der Waals surface area contributed by atoms with Crippen molar-refractivity contribution in [1.29, 1.82) is 0 Å². The van der Waals surface area contributed by atoms with Crippen molar-refractivity contribution in [2.45, 2.75) is 32.2 Å². The Hall–Kier alpha value is -2.08. The van der Waals surface area contributed by atoms with E-state index in [2.05, 4.69) is 16.0 Å². The number of carbonyl (C=O) groups is 2. The number of primary amides is 1. The van der Waals surface area contributed by atoms with Crippen LogP contribution in [0, 0.1) is 6.92 Å². The summed E-state index contributed by atoms with van der Waals surface area (Å²) in [5.41, 5.74) is 7.10. The van der Waals surface area contributed by atoms with Gasteiger partial charge in [-0.3, -0.25) is 4.79 Å². The predicted molar refractivity (Wildman–Crippen MR) is 82.4 cm³/mol. The molecule has 0 unspecified atom stereocenters. The zero-order valence-electron chi connectivity index (χ0n) is 12.2. The maximum absolute atomic E-state index is 11.9. The summed E-state index contributed by atoms with van der Waals surface area (Å²) >= 11 is 0. The van der Waals surface area contributed by atoms with Crippen LogP contribution in [0.1, 0.15) is 35.2 Å². The highest BCUT2D eigenvalue weighted by Crippen LogP contribution is 2.16. The lowest BCUT2D eigenvalue weighted by Gasteiger charge is -2.13. The van der Waals surface area contributed by atoms with E-state index < -0.39 is 5.91 Å². The van der Waals surface area contributed by atoms with E-state index in [0.29, 0.717) is 23.8 Å². The second-order valence-electron chi connectivity index (χ2n) is 5.36. The van der Waals surface area contributed by atoms with Crippen molar-refractivity contribution in [1.82, 2.24) is 10.6 Å². The standard InChI is InChI=1S/C15H22N4O2/c1-10-4-5-11(14(16)20)9-13(10)19-15(21)18-8-6-12-3-2-7-17-12/h4-5,9,12,17H,2-3,6-8H2,1H3,(H2,16,20)(H2,18,19,21)/t12-/m1/s1. The summed E-state index contributed by atoms with van der Waals surface area (Å²) in [5, 5.41) is 8.97. The van der Waals surface area contributed by atoms with E-state index >= 15 is 0 Å². The van der Waals surface area contributed by atoms with Crippen LogP contribution in [0.25, 0.3) is 0 Å². The molecule has 5 N–H and O–H groups in total. The van der Waals surface area contributed by atoms with E-state index in [-0.39, 0.29) is 6.03 Å². The van der Waals surface area contributed by atoms with E-state index in [0.717, 1.165) is 18.5 Å². The first-order valence-electron chi connectivity index (χ1n) is 7.25. The van der Waals surface area contributed by atoms with Crippen LogP contribution in [0.3, 0.4) is 0 Å². The second kappa shape index (κ2) is 7.08. The number of benzene rings is 1. The van der Waals surface area contributed by atoms with Crippen molar-refractivity contribution in [3.8, 4) is 0 Å². The monoisotopic (exact) mass is 290 g/mol. The van der Waals surface area contributed by atoms with Gasteiger partial charge in [0.2, 0.25) is 5.91 Å². The first-order valence-corrected chi connectivity index (χ1v) is 7.25. The van der Waals surface area contributed by atoms with Crippen LogP contribution in [0.15, 0.2) is 18.2 Å². The number of hydrogen-bond donors (Lipinski definition) is 4. The lowest BCUT2D eigenvalue weighted by molar-refractivity contribution is 0.100. The lowest BCUT2D eigenvalue weighted by atomic mass is 10.1. The van der Waals surface area contributed by atoms with Gasteiger partial charge in [-0.15, -0.1) is 0 Å². The Morgan fingerprint density at radius 3 is 2.90 bits per heavy atom.